The summed E-state index contributed by atoms with van der Waals surface area (Å²) in [4.78, 5) is 4.32. The lowest BCUT2D eigenvalue weighted by molar-refractivity contribution is 0.413. The quantitative estimate of drug-likeness (QED) is 0.824. The van der Waals surface area contributed by atoms with E-state index in [1.165, 1.54) is 5.56 Å². The zero-order valence-corrected chi connectivity index (χ0v) is 11.1. The molecule has 1 aromatic carbocycles. The summed E-state index contributed by atoms with van der Waals surface area (Å²) >= 11 is 0. The van der Waals surface area contributed by atoms with Gasteiger partial charge in [0.15, 0.2) is 0 Å². The van der Waals surface area contributed by atoms with E-state index in [-0.39, 0.29) is 0 Å². The summed E-state index contributed by atoms with van der Waals surface area (Å²) in [6.07, 6.45) is 4.47. The first-order valence-electron chi connectivity index (χ1n) is 5.91. The van der Waals surface area contributed by atoms with E-state index >= 15 is 0 Å². The van der Waals surface area contributed by atoms with Crippen LogP contribution in [0.3, 0.4) is 0 Å². The number of hydrogen-bond acceptors (Lipinski definition) is 2. The van der Waals surface area contributed by atoms with Crippen molar-refractivity contribution < 1.29 is 4.74 Å². The molecule has 0 atom stereocenters. The number of hydrogen-bond donors (Lipinski definition) is 0. The van der Waals surface area contributed by atoms with Crippen LogP contribution in [0, 0.1) is 6.92 Å². The molecule has 0 saturated heterocycles. The summed E-state index contributed by atoms with van der Waals surface area (Å²) in [6.45, 7) is 6.22. The number of rotatable bonds is 4. The van der Waals surface area contributed by atoms with Crippen molar-refractivity contribution in [1.82, 2.24) is 9.55 Å². The van der Waals surface area contributed by atoms with Crippen LogP contribution in [0.15, 0.2) is 37.2 Å². The molecule has 3 heteroatoms. The smallest absolute Gasteiger partial charge is 0.126 e. The van der Waals surface area contributed by atoms with E-state index in [0.29, 0.717) is 0 Å². The molecule has 0 spiro atoms. The van der Waals surface area contributed by atoms with Crippen LogP contribution in [0.5, 0.6) is 5.75 Å². The van der Waals surface area contributed by atoms with Crippen LogP contribution in [0.1, 0.15) is 17.0 Å². The summed E-state index contributed by atoms with van der Waals surface area (Å²) < 4.78 is 7.39. The van der Waals surface area contributed by atoms with Gasteiger partial charge in [-0.1, -0.05) is 18.2 Å². The fraction of sp³-hybridized carbons (Fsp3) is 0.267. The van der Waals surface area contributed by atoms with Crippen molar-refractivity contribution in [3.05, 3.63) is 54.1 Å². The molecule has 0 radical (unpaired) electrons. The Kier molecular flexibility index (Phi) is 3.51. The Morgan fingerprint density at radius 2 is 2.22 bits per heavy atom. The molecule has 0 bridgehead atoms. The van der Waals surface area contributed by atoms with Crippen molar-refractivity contribution in [2.45, 2.75) is 13.3 Å². The highest BCUT2D eigenvalue weighted by atomic mass is 16.5. The highest BCUT2D eigenvalue weighted by molar-refractivity contribution is 5.70. The van der Waals surface area contributed by atoms with Gasteiger partial charge in [0.05, 0.1) is 7.11 Å². The maximum Gasteiger partial charge on any atom is 0.126 e. The maximum atomic E-state index is 5.38. The predicted molar refractivity (Wildman–Crippen MR) is 73.7 cm³/mol. The molecule has 18 heavy (non-hydrogen) atoms. The minimum Gasteiger partial charge on any atom is -0.496 e. The second-order valence-corrected chi connectivity index (χ2v) is 4.44. The number of nitrogens with zero attached hydrogens (tertiary/aromatic N) is 2. The largest absolute Gasteiger partial charge is 0.496 e. The Labute approximate surface area is 108 Å². The Hall–Kier alpha value is -2.03. The van der Waals surface area contributed by atoms with E-state index < -0.39 is 0 Å². The average Bonchev–Trinajstić information content (AvgIpc) is 2.75. The third-order valence-electron chi connectivity index (χ3n) is 3.03. The van der Waals surface area contributed by atoms with Gasteiger partial charge >= 0.3 is 0 Å². The molecule has 1 heterocycles. The lowest BCUT2D eigenvalue weighted by Crippen LogP contribution is -2.00. The van der Waals surface area contributed by atoms with Gasteiger partial charge in [-0.25, -0.2) is 4.98 Å². The molecule has 0 N–H and O–H groups in total. The Balaban J connectivity index is 2.29. The zero-order chi connectivity index (χ0) is 13.1. The van der Waals surface area contributed by atoms with E-state index in [1.807, 2.05) is 29.9 Å². The highest BCUT2D eigenvalue weighted by Gasteiger charge is 2.09. The van der Waals surface area contributed by atoms with Crippen LogP contribution in [0.2, 0.25) is 0 Å². The molecular weight excluding hydrogens is 224 g/mol. The topological polar surface area (TPSA) is 27.1 Å². The molecule has 2 rings (SSSR count). The van der Waals surface area contributed by atoms with Crippen LogP contribution in [-0.4, -0.2) is 16.7 Å². The van der Waals surface area contributed by atoms with Gasteiger partial charge in [-0.15, -0.1) is 0 Å². The van der Waals surface area contributed by atoms with Gasteiger partial charge in [-0.2, -0.15) is 0 Å². The van der Waals surface area contributed by atoms with E-state index in [4.69, 9.17) is 4.74 Å². The minimum absolute atomic E-state index is 0.726. The third-order valence-corrected chi connectivity index (χ3v) is 3.03. The van der Waals surface area contributed by atoms with Crippen molar-refractivity contribution in [3.8, 4) is 5.75 Å². The number of allylic oxidation sites excluding steroid dienone is 1. The number of imidazole rings is 1. The molecule has 1 aromatic heterocycles. The van der Waals surface area contributed by atoms with Crippen LogP contribution >= 0.6 is 0 Å². The van der Waals surface area contributed by atoms with Crippen molar-refractivity contribution in [2.75, 3.05) is 7.11 Å². The number of ether oxygens (including phenoxy) is 1. The average molecular weight is 242 g/mol. The maximum absolute atomic E-state index is 5.38. The number of benzene rings is 1. The van der Waals surface area contributed by atoms with Gasteiger partial charge in [0.25, 0.3) is 0 Å². The molecule has 0 fully saturated rings. The summed E-state index contributed by atoms with van der Waals surface area (Å²) in [5.74, 6) is 1.86. The lowest BCUT2D eigenvalue weighted by Gasteiger charge is -2.12. The minimum atomic E-state index is 0.726. The number of methoxy groups -OCH3 is 1. The number of aromatic nitrogens is 2. The second-order valence-electron chi connectivity index (χ2n) is 4.44. The highest BCUT2D eigenvalue weighted by Crippen LogP contribution is 2.27. The van der Waals surface area contributed by atoms with Crippen LogP contribution in [0.4, 0.5) is 0 Å². The fourth-order valence-corrected chi connectivity index (χ4v) is 1.95. The molecule has 0 unspecified atom stereocenters. The van der Waals surface area contributed by atoms with Gasteiger partial charge in [-0.3, -0.25) is 0 Å². The zero-order valence-electron chi connectivity index (χ0n) is 11.1. The molecule has 2 aromatic rings. The summed E-state index contributed by atoms with van der Waals surface area (Å²) in [5.41, 5.74) is 3.28. The Bertz CT molecular complexity index is 570. The first-order chi connectivity index (χ1) is 8.61. The molecule has 0 aliphatic heterocycles. The summed E-state index contributed by atoms with van der Waals surface area (Å²) in [7, 11) is 3.67. The van der Waals surface area contributed by atoms with Gasteiger partial charge in [0.2, 0.25) is 0 Å². The van der Waals surface area contributed by atoms with Gasteiger partial charge in [0, 0.05) is 31.4 Å². The molecule has 0 aliphatic rings. The lowest BCUT2D eigenvalue weighted by atomic mass is 10.0. The first-order valence-corrected chi connectivity index (χ1v) is 5.91. The molecule has 0 aliphatic carbocycles. The SMILES string of the molecule is C=C(Cc1nccn1C)c1cc(C)ccc1OC. The first kappa shape index (κ1) is 12.4. The number of aryl methyl sites for hydroxylation is 2. The van der Waals surface area contributed by atoms with Gasteiger partial charge in [0.1, 0.15) is 11.6 Å². The van der Waals surface area contributed by atoms with Gasteiger partial charge in [-0.05, 0) is 24.6 Å². The van der Waals surface area contributed by atoms with Crippen molar-refractivity contribution >= 4 is 5.57 Å². The predicted octanol–water partition coefficient (Wildman–Crippen LogP) is 2.99. The van der Waals surface area contributed by atoms with Crippen molar-refractivity contribution in [3.63, 3.8) is 0 Å². The fourth-order valence-electron chi connectivity index (χ4n) is 1.95. The van der Waals surface area contributed by atoms with Crippen LogP contribution < -0.4 is 4.74 Å². The second kappa shape index (κ2) is 5.08. The monoisotopic (exact) mass is 242 g/mol. The van der Waals surface area contributed by atoms with Gasteiger partial charge < -0.3 is 9.30 Å². The molecule has 3 nitrogen and oxygen atoms in total. The molecule has 0 saturated carbocycles. The summed E-state index contributed by atoms with van der Waals surface area (Å²) in [5, 5.41) is 0. The van der Waals surface area contributed by atoms with Crippen LogP contribution in [-0.2, 0) is 13.5 Å². The van der Waals surface area contributed by atoms with Crippen LogP contribution in [0.25, 0.3) is 5.57 Å². The molecule has 94 valence electrons. The standard InChI is InChI=1S/C15H18N2O/c1-11-5-6-14(18-4)13(9-11)12(2)10-15-16-7-8-17(15)3/h5-9H,2,10H2,1,3-4H3. The van der Waals surface area contributed by atoms with E-state index in [2.05, 4.69) is 24.6 Å². The third kappa shape index (κ3) is 2.45. The van der Waals surface area contributed by atoms with E-state index in [9.17, 15) is 0 Å². The van der Waals surface area contributed by atoms with E-state index in [0.717, 1.165) is 29.1 Å². The Morgan fingerprint density at radius 3 is 2.83 bits per heavy atom. The Morgan fingerprint density at radius 1 is 1.44 bits per heavy atom. The van der Waals surface area contributed by atoms with Crippen molar-refractivity contribution in [2.24, 2.45) is 7.05 Å². The van der Waals surface area contributed by atoms with E-state index in [1.54, 1.807) is 13.3 Å². The summed E-state index contributed by atoms with van der Waals surface area (Å²) in [6, 6.07) is 6.12. The normalized spacial score (nSPS) is 10.4. The van der Waals surface area contributed by atoms with Crippen molar-refractivity contribution in [1.29, 1.82) is 0 Å². The molecule has 0 amide bonds. The molecular formula is C15H18N2O.